The molecule has 2 aromatic rings. The summed E-state index contributed by atoms with van der Waals surface area (Å²) in [6, 6.07) is 12.3. The average Bonchev–Trinajstić information content (AvgIpc) is 3.03. The van der Waals surface area contributed by atoms with Gasteiger partial charge in [-0.25, -0.2) is 0 Å². The van der Waals surface area contributed by atoms with Gasteiger partial charge in [0.05, 0.1) is 18.3 Å². The van der Waals surface area contributed by atoms with E-state index >= 15 is 0 Å². The Morgan fingerprint density at radius 3 is 2.70 bits per heavy atom. The number of hydrogen-bond acceptors (Lipinski definition) is 4. The van der Waals surface area contributed by atoms with Crippen LogP contribution in [-0.2, 0) is 0 Å². The average molecular weight is 350 g/mol. The number of nitrogens with one attached hydrogen (secondary N) is 2. The van der Waals surface area contributed by atoms with E-state index in [0.717, 1.165) is 18.0 Å². The van der Waals surface area contributed by atoms with E-state index in [9.17, 15) is 0 Å². The van der Waals surface area contributed by atoms with Crippen LogP contribution < -0.4 is 15.4 Å². The molecule has 0 aliphatic carbocycles. The van der Waals surface area contributed by atoms with Gasteiger partial charge in [0.1, 0.15) is 5.75 Å². The maximum absolute atomic E-state index is 5.60. The van der Waals surface area contributed by atoms with E-state index in [0.29, 0.717) is 11.7 Å². The van der Waals surface area contributed by atoms with Crippen molar-refractivity contribution in [3.63, 3.8) is 0 Å². The summed E-state index contributed by atoms with van der Waals surface area (Å²) in [5.74, 6) is 0.807. The second-order valence-electron chi connectivity index (χ2n) is 5.26. The van der Waals surface area contributed by atoms with Crippen LogP contribution in [-0.4, -0.2) is 37.3 Å². The molecule has 0 amide bonds. The number of rotatable bonds is 7. The van der Waals surface area contributed by atoms with E-state index in [1.54, 1.807) is 11.3 Å². The molecule has 0 saturated carbocycles. The van der Waals surface area contributed by atoms with Gasteiger partial charge in [0, 0.05) is 11.4 Å². The Kier molecular flexibility index (Phi) is 6.83. The number of anilines is 1. The lowest BCUT2D eigenvalue weighted by molar-refractivity contribution is 0.303. The number of ether oxygens (including phenoxy) is 1. The zero-order valence-electron chi connectivity index (χ0n) is 13.7. The first kappa shape index (κ1) is 17.7. The van der Waals surface area contributed by atoms with Crippen molar-refractivity contribution in [3.8, 4) is 5.75 Å². The number of likely N-dealkylation sites (N-methyl/N-ethyl adjacent to an activating group) is 1. The predicted molar refractivity (Wildman–Crippen MR) is 103 cm³/mol. The summed E-state index contributed by atoms with van der Waals surface area (Å²) in [6.45, 7) is 3.34. The molecule has 1 atom stereocenters. The van der Waals surface area contributed by atoms with E-state index < -0.39 is 0 Å². The summed E-state index contributed by atoms with van der Waals surface area (Å²) in [6.07, 6.45) is 0. The van der Waals surface area contributed by atoms with E-state index in [4.69, 9.17) is 17.0 Å². The fraction of sp³-hybridized carbons (Fsp3) is 0.353. The van der Waals surface area contributed by atoms with Gasteiger partial charge in [0.15, 0.2) is 5.11 Å². The van der Waals surface area contributed by atoms with Crippen LogP contribution in [0.5, 0.6) is 5.75 Å². The van der Waals surface area contributed by atoms with Crippen LogP contribution >= 0.6 is 23.6 Å². The molecule has 0 fully saturated rings. The molecular weight excluding hydrogens is 326 g/mol. The summed E-state index contributed by atoms with van der Waals surface area (Å²) in [7, 11) is 4.15. The minimum absolute atomic E-state index is 0.289. The first-order valence-electron chi connectivity index (χ1n) is 7.58. The van der Waals surface area contributed by atoms with Crippen molar-refractivity contribution in [2.75, 3.05) is 32.6 Å². The zero-order chi connectivity index (χ0) is 16.7. The molecule has 0 unspecified atom stereocenters. The third-order valence-corrected chi connectivity index (χ3v) is 4.61. The molecule has 0 bridgehead atoms. The van der Waals surface area contributed by atoms with E-state index in [-0.39, 0.29) is 6.04 Å². The minimum Gasteiger partial charge on any atom is -0.492 e. The number of thiophene rings is 1. The number of nitrogens with zero attached hydrogens (tertiary/aromatic N) is 1. The lowest BCUT2D eigenvalue weighted by atomic mass is 10.2. The van der Waals surface area contributed by atoms with Crippen molar-refractivity contribution in [1.29, 1.82) is 0 Å². The highest BCUT2D eigenvalue weighted by atomic mass is 32.1. The molecule has 1 aromatic heterocycles. The highest BCUT2D eigenvalue weighted by Crippen LogP contribution is 2.24. The van der Waals surface area contributed by atoms with E-state index in [1.807, 2.05) is 31.2 Å². The third kappa shape index (κ3) is 5.20. The Balaban J connectivity index is 1.94. The second kappa shape index (κ2) is 8.86. The highest BCUT2D eigenvalue weighted by molar-refractivity contribution is 7.80. The maximum Gasteiger partial charge on any atom is 0.170 e. The molecule has 0 aliphatic rings. The standard InChI is InChI=1S/C17H23N3OS2/c1-4-21-15-9-6-5-8-13(15)19-17(22)18-12-14(20(2)3)16-10-7-11-23-16/h5-11,14H,4,12H2,1-3H3,(H2,18,19,22)/t14-/m0/s1. The van der Waals surface area contributed by atoms with Crippen LogP contribution in [0.2, 0.25) is 0 Å². The molecule has 23 heavy (non-hydrogen) atoms. The Bertz CT molecular complexity index is 614. The Labute approximate surface area is 147 Å². The van der Waals surface area contributed by atoms with Gasteiger partial charge in [0.2, 0.25) is 0 Å². The molecule has 6 heteroatoms. The van der Waals surface area contributed by atoms with Crippen molar-refractivity contribution in [1.82, 2.24) is 10.2 Å². The van der Waals surface area contributed by atoms with Crippen LogP contribution in [0, 0.1) is 0 Å². The molecule has 124 valence electrons. The molecule has 0 spiro atoms. The Morgan fingerprint density at radius 1 is 1.26 bits per heavy atom. The fourth-order valence-electron chi connectivity index (χ4n) is 2.23. The van der Waals surface area contributed by atoms with Crippen molar-refractivity contribution in [3.05, 3.63) is 46.7 Å². The summed E-state index contributed by atoms with van der Waals surface area (Å²) in [4.78, 5) is 3.51. The third-order valence-electron chi connectivity index (χ3n) is 3.39. The van der Waals surface area contributed by atoms with Crippen molar-refractivity contribution in [2.45, 2.75) is 13.0 Å². The lowest BCUT2D eigenvalue weighted by Crippen LogP contribution is -2.36. The summed E-state index contributed by atoms with van der Waals surface area (Å²) >= 11 is 7.18. The molecule has 0 saturated heterocycles. The van der Waals surface area contributed by atoms with Gasteiger partial charge >= 0.3 is 0 Å². The van der Waals surface area contributed by atoms with Gasteiger partial charge in [-0.3, -0.25) is 0 Å². The number of hydrogen-bond donors (Lipinski definition) is 2. The molecule has 2 N–H and O–H groups in total. The van der Waals surface area contributed by atoms with Gasteiger partial charge in [0.25, 0.3) is 0 Å². The lowest BCUT2D eigenvalue weighted by Gasteiger charge is -2.24. The minimum atomic E-state index is 0.289. The summed E-state index contributed by atoms with van der Waals surface area (Å²) < 4.78 is 5.60. The molecule has 0 radical (unpaired) electrons. The number of thiocarbonyl (C=S) groups is 1. The number of para-hydroxylation sites is 2. The SMILES string of the molecule is CCOc1ccccc1NC(=S)NC[C@@H](c1cccs1)N(C)C. The van der Waals surface area contributed by atoms with Gasteiger partial charge in [-0.1, -0.05) is 18.2 Å². The highest BCUT2D eigenvalue weighted by Gasteiger charge is 2.15. The summed E-state index contributed by atoms with van der Waals surface area (Å²) in [5, 5.41) is 9.21. The Hall–Kier alpha value is -1.63. The Morgan fingerprint density at radius 2 is 2.04 bits per heavy atom. The predicted octanol–water partition coefficient (Wildman–Crippen LogP) is 3.74. The van der Waals surface area contributed by atoms with Crippen LogP contribution in [0.1, 0.15) is 17.8 Å². The van der Waals surface area contributed by atoms with Crippen molar-refractivity contribution >= 4 is 34.4 Å². The number of benzene rings is 1. The molecule has 0 aliphatic heterocycles. The summed E-state index contributed by atoms with van der Waals surface area (Å²) in [5.41, 5.74) is 0.879. The van der Waals surface area contributed by atoms with Gasteiger partial charge < -0.3 is 20.3 Å². The van der Waals surface area contributed by atoms with Gasteiger partial charge in [-0.15, -0.1) is 11.3 Å². The van der Waals surface area contributed by atoms with Crippen molar-refractivity contribution in [2.24, 2.45) is 0 Å². The van der Waals surface area contributed by atoms with Gasteiger partial charge in [-0.05, 0) is 56.8 Å². The van der Waals surface area contributed by atoms with Crippen LogP contribution in [0.25, 0.3) is 0 Å². The monoisotopic (exact) mass is 349 g/mol. The smallest absolute Gasteiger partial charge is 0.170 e. The largest absolute Gasteiger partial charge is 0.492 e. The molecule has 1 aromatic carbocycles. The quantitative estimate of drug-likeness (QED) is 0.745. The molecular formula is C17H23N3OS2. The van der Waals surface area contributed by atoms with E-state index in [2.05, 4.69) is 47.1 Å². The first-order chi connectivity index (χ1) is 11.1. The van der Waals surface area contributed by atoms with Crippen LogP contribution in [0.15, 0.2) is 41.8 Å². The van der Waals surface area contributed by atoms with E-state index in [1.165, 1.54) is 4.88 Å². The van der Waals surface area contributed by atoms with Crippen molar-refractivity contribution < 1.29 is 4.74 Å². The topological polar surface area (TPSA) is 36.5 Å². The first-order valence-corrected chi connectivity index (χ1v) is 8.87. The fourth-order valence-corrected chi connectivity index (χ4v) is 3.34. The molecule has 2 rings (SSSR count). The molecule has 4 nitrogen and oxygen atoms in total. The van der Waals surface area contributed by atoms with Gasteiger partial charge in [-0.2, -0.15) is 0 Å². The second-order valence-corrected chi connectivity index (χ2v) is 6.65. The zero-order valence-corrected chi connectivity index (χ0v) is 15.3. The van der Waals surface area contributed by atoms with Crippen LogP contribution in [0.4, 0.5) is 5.69 Å². The van der Waals surface area contributed by atoms with Crippen LogP contribution in [0.3, 0.4) is 0 Å². The maximum atomic E-state index is 5.60. The normalized spacial score (nSPS) is 12.0. The molecule has 1 heterocycles.